The summed E-state index contributed by atoms with van der Waals surface area (Å²) in [4.78, 5) is 16.1. The van der Waals surface area contributed by atoms with E-state index in [4.69, 9.17) is 4.74 Å². The Balaban J connectivity index is 2.39. The molecule has 0 spiro atoms. The zero-order valence-electron chi connectivity index (χ0n) is 9.57. The number of cyclic esters (lactones) is 1. The first kappa shape index (κ1) is 12.9. The zero-order chi connectivity index (χ0) is 12.4. The first-order chi connectivity index (χ1) is 8.13. The molecule has 1 heterocycles. The monoisotopic (exact) mass is 361 g/mol. The number of carbonyl (C=O) groups is 1. The summed E-state index contributed by atoms with van der Waals surface area (Å²) >= 11 is 3.93. The van der Waals surface area contributed by atoms with Crippen LogP contribution in [0.25, 0.3) is 0 Å². The Morgan fingerprint density at radius 3 is 3.00 bits per heavy atom. The summed E-state index contributed by atoms with van der Waals surface area (Å²) in [6, 6.07) is 5.74. The molecule has 0 fully saturated rings. The van der Waals surface area contributed by atoms with Crippen LogP contribution in [0.1, 0.15) is 22.8 Å². The average Bonchev–Trinajstić information content (AvgIpc) is 2.57. The molecule has 0 aromatic heterocycles. The molecule has 0 bridgehead atoms. The molecule has 1 unspecified atom stereocenters. The van der Waals surface area contributed by atoms with Gasteiger partial charge in [-0.2, -0.15) is 11.8 Å². The topological polar surface area (TPSA) is 38.7 Å². The fraction of sp³-hybridized carbons (Fsp3) is 0.333. The number of rotatable bonds is 3. The van der Waals surface area contributed by atoms with Gasteiger partial charge in [0.2, 0.25) is 5.90 Å². The van der Waals surface area contributed by atoms with Gasteiger partial charge < -0.3 is 4.74 Å². The maximum Gasteiger partial charge on any atom is 0.345 e. The van der Waals surface area contributed by atoms with E-state index in [2.05, 4.69) is 27.6 Å². The van der Waals surface area contributed by atoms with Gasteiger partial charge in [0.1, 0.15) is 0 Å². The molecule has 0 amide bonds. The van der Waals surface area contributed by atoms with Crippen LogP contribution in [0.15, 0.2) is 23.2 Å². The van der Waals surface area contributed by atoms with Crippen molar-refractivity contribution in [2.45, 2.75) is 13.0 Å². The second-order valence-corrected chi connectivity index (χ2v) is 5.86. The molecule has 0 N–H and O–H groups in total. The molecular formula is C12H12INO2S. The van der Waals surface area contributed by atoms with Gasteiger partial charge in [-0.3, -0.25) is 0 Å². The minimum atomic E-state index is -0.298. The SMILES string of the molecule is CSCC(C)/N=C1/OC(=O)c2cccc(I)c21. The molecule has 5 heteroatoms. The molecular weight excluding hydrogens is 349 g/mol. The summed E-state index contributed by atoms with van der Waals surface area (Å²) < 4.78 is 6.23. The fourth-order valence-electron chi connectivity index (χ4n) is 1.67. The van der Waals surface area contributed by atoms with Crippen LogP contribution in [0.2, 0.25) is 0 Å². The minimum absolute atomic E-state index is 0.148. The smallest absolute Gasteiger partial charge is 0.345 e. The van der Waals surface area contributed by atoms with Crippen molar-refractivity contribution in [2.24, 2.45) is 4.99 Å². The van der Waals surface area contributed by atoms with Gasteiger partial charge in [0.15, 0.2) is 0 Å². The first-order valence-corrected chi connectivity index (χ1v) is 7.68. The molecule has 90 valence electrons. The lowest BCUT2D eigenvalue weighted by Gasteiger charge is -2.05. The van der Waals surface area contributed by atoms with Crippen LogP contribution in [-0.4, -0.2) is 29.9 Å². The molecule has 3 nitrogen and oxygen atoms in total. The maximum atomic E-state index is 11.7. The fourth-order valence-corrected chi connectivity index (χ4v) is 2.96. The summed E-state index contributed by atoms with van der Waals surface area (Å²) in [5.74, 6) is 1.09. The molecule has 1 aromatic carbocycles. The van der Waals surface area contributed by atoms with Crippen LogP contribution in [0.5, 0.6) is 0 Å². The Morgan fingerprint density at radius 2 is 2.29 bits per heavy atom. The Hall–Kier alpha value is -0.560. The Bertz CT molecular complexity index is 487. The first-order valence-electron chi connectivity index (χ1n) is 5.21. The molecule has 2 rings (SSSR count). The number of benzene rings is 1. The molecule has 1 atom stereocenters. The van der Waals surface area contributed by atoms with Crippen molar-refractivity contribution >= 4 is 46.2 Å². The minimum Gasteiger partial charge on any atom is -0.403 e. The molecule has 0 saturated heterocycles. The number of carbonyl (C=O) groups excluding carboxylic acids is 1. The molecule has 1 aliphatic rings. The van der Waals surface area contributed by atoms with Crippen LogP contribution >= 0.6 is 34.4 Å². The van der Waals surface area contributed by atoms with Crippen molar-refractivity contribution in [1.29, 1.82) is 0 Å². The summed E-state index contributed by atoms with van der Waals surface area (Å²) in [6.45, 7) is 2.02. The normalized spacial score (nSPS) is 18.1. The average molecular weight is 361 g/mol. The second-order valence-electron chi connectivity index (χ2n) is 3.79. The summed E-state index contributed by atoms with van der Waals surface area (Å²) in [5, 5.41) is 0. The van der Waals surface area contributed by atoms with Crippen LogP contribution in [0.4, 0.5) is 0 Å². The van der Waals surface area contributed by atoms with Gasteiger partial charge in [-0.1, -0.05) is 6.07 Å². The number of aliphatic imine (C=N–C) groups is 1. The van der Waals surface area contributed by atoms with Crippen molar-refractivity contribution in [1.82, 2.24) is 0 Å². The van der Waals surface area contributed by atoms with E-state index in [9.17, 15) is 4.79 Å². The predicted molar refractivity (Wildman–Crippen MR) is 79.0 cm³/mol. The van der Waals surface area contributed by atoms with Gasteiger partial charge in [0.05, 0.1) is 17.2 Å². The van der Waals surface area contributed by atoms with E-state index in [1.54, 1.807) is 17.8 Å². The van der Waals surface area contributed by atoms with Gasteiger partial charge >= 0.3 is 5.97 Å². The third kappa shape index (κ3) is 2.65. The highest BCUT2D eigenvalue weighted by Gasteiger charge is 2.30. The van der Waals surface area contributed by atoms with Gasteiger partial charge in [-0.15, -0.1) is 0 Å². The molecule has 0 aliphatic carbocycles. The highest BCUT2D eigenvalue weighted by molar-refractivity contribution is 14.1. The van der Waals surface area contributed by atoms with Gasteiger partial charge in [0.25, 0.3) is 0 Å². The molecule has 1 aromatic rings. The van der Waals surface area contributed by atoms with Crippen molar-refractivity contribution < 1.29 is 9.53 Å². The van der Waals surface area contributed by atoms with Crippen molar-refractivity contribution in [3.8, 4) is 0 Å². The number of thioether (sulfide) groups is 1. The largest absolute Gasteiger partial charge is 0.403 e. The number of ether oxygens (including phenoxy) is 1. The van der Waals surface area contributed by atoms with Gasteiger partial charge in [0, 0.05) is 9.32 Å². The summed E-state index contributed by atoms with van der Waals surface area (Å²) in [7, 11) is 0. The predicted octanol–water partition coefficient (Wildman–Crippen LogP) is 2.96. The number of nitrogens with zero attached hydrogens (tertiary/aromatic N) is 1. The quantitative estimate of drug-likeness (QED) is 0.614. The molecule has 1 aliphatic heterocycles. The number of halogens is 1. The van der Waals surface area contributed by atoms with E-state index in [1.165, 1.54) is 0 Å². The van der Waals surface area contributed by atoms with Gasteiger partial charge in [-0.25, -0.2) is 9.79 Å². The van der Waals surface area contributed by atoms with Crippen molar-refractivity contribution in [3.63, 3.8) is 0 Å². The zero-order valence-corrected chi connectivity index (χ0v) is 12.5. The summed E-state index contributed by atoms with van der Waals surface area (Å²) in [5.41, 5.74) is 1.46. The van der Waals surface area contributed by atoms with E-state index in [1.807, 2.05) is 25.3 Å². The Labute approximate surface area is 118 Å². The Morgan fingerprint density at radius 1 is 1.53 bits per heavy atom. The van der Waals surface area contributed by atoms with Gasteiger partial charge in [-0.05, 0) is 47.9 Å². The highest BCUT2D eigenvalue weighted by Crippen LogP contribution is 2.26. The Kier molecular flexibility index (Phi) is 4.09. The number of fused-ring (bicyclic) bond motifs is 1. The molecule has 0 radical (unpaired) electrons. The second kappa shape index (κ2) is 5.39. The number of hydrogen-bond acceptors (Lipinski definition) is 4. The van der Waals surface area contributed by atoms with Crippen LogP contribution in [0, 0.1) is 3.57 Å². The van der Waals surface area contributed by atoms with Crippen molar-refractivity contribution in [2.75, 3.05) is 12.0 Å². The molecule has 17 heavy (non-hydrogen) atoms. The lowest BCUT2D eigenvalue weighted by atomic mass is 10.1. The van der Waals surface area contributed by atoms with E-state index in [0.29, 0.717) is 11.5 Å². The lowest BCUT2D eigenvalue weighted by Crippen LogP contribution is -2.09. The third-order valence-corrected chi connectivity index (χ3v) is 4.10. The van der Waals surface area contributed by atoms with E-state index in [-0.39, 0.29) is 12.0 Å². The maximum absolute atomic E-state index is 11.7. The molecule has 0 saturated carbocycles. The lowest BCUT2D eigenvalue weighted by molar-refractivity contribution is 0.0736. The third-order valence-electron chi connectivity index (χ3n) is 2.38. The highest BCUT2D eigenvalue weighted by atomic mass is 127. The van der Waals surface area contributed by atoms with E-state index in [0.717, 1.165) is 14.9 Å². The van der Waals surface area contributed by atoms with E-state index < -0.39 is 0 Å². The summed E-state index contributed by atoms with van der Waals surface area (Å²) in [6.07, 6.45) is 2.04. The number of esters is 1. The van der Waals surface area contributed by atoms with Crippen LogP contribution in [-0.2, 0) is 4.74 Å². The van der Waals surface area contributed by atoms with Crippen LogP contribution < -0.4 is 0 Å². The number of hydrogen-bond donors (Lipinski definition) is 0. The van der Waals surface area contributed by atoms with Crippen molar-refractivity contribution in [3.05, 3.63) is 32.9 Å². The standard InChI is InChI=1S/C12H12INO2S/c1-7(6-17-2)14-11-10-8(12(15)16-11)4-3-5-9(10)13/h3-5,7H,6H2,1-2H3/b14-11+. The van der Waals surface area contributed by atoms with E-state index >= 15 is 0 Å². The van der Waals surface area contributed by atoms with Crippen LogP contribution in [0.3, 0.4) is 0 Å².